The van der Waals surface area contributed by atoms with E-state index < -0.39 is 0 Å². The molecule has 0 radical (unpaired) electrons. The van der Waals surface area contributed by atoms with Gasteiger partial charge in [-0.15, -0.1) is 11.8 Å². The summed E-state index contributed by atoms with van der Waals surface area (Å²) < 4.78 is 6.13. The number of carbonyl (C=O) groups excluding carboxylic acids is 2. The molecule has 6 nitrogen and oxygen atoms in total. The Hall–Kier alpha value is -2.67. The molecule has 146 valence electrons. The van der Waals surface area contributed by atoms with Gasteiger partial charge in [0.25, 0.3) is 5.91 Å². The van der Waals surface area contributed by atoms with Crippen molar-refractivity contribution < 1.29 is 14.3 Å². The number of amides is 2. The van der Waals surface area contributed by atoms with E-state index in [0.29, 0.717) is 23.5 Å². The number of nitrogens with zero attached hydrogens (tertiary/aromatic N) is 2. The van der Waals surface area contributed by atoms with Crippen molar-refractivity contribution in [1.82, 2.24) is 4.90 Å². The second kappa shape index (κ2) is 7.75. The molecule has 7 heteroatoms. The highest BCUT2D eigenvalue weighted by Crippen LogP contribution is 2.34. The summed E-state index contributed by atoms with van der Waals surface area (Å²) in [7, 11) is 1.79. The first-order chi connectivity index (χ1) is 13.5. The number of benzene rings is 2. The molecule has 1 atom stereocenters. The molecule has 0 saturated heterocycles. The zero-order valence-corrected chi connectivity index (χ0v) is 16.8. The van der Waals surface area contributed by atoms with Gasteiger partial charge in [0.15, 0.2) is 0 Å². The van der Waals surface area contributed by atoms with Crippen LogP contribution < -0.4 is 15.0 Å². The van der Waals surface area contributed by atoms with Gasteiger partial charge >= 0.3 is 0 Å². The van der Waals surface area contributed by atoms with Crippen molar-refractivity contribution in [3.63, 3.8) is 0 Å². The number of hydrogen-bond donors (Lipinski definition) is 1. The molecule has 0 spiro atoms. The molecule has 0 saturated carbocycles. The van der Waals surface area contributed by atoms with E-state index in [0.717, 1.165) is 29.4 Å². The van der Waals surface area contributed by atoms with Crippen LogP contribution in [-0.4, -0.2) is 55.3 Å². The topological polar surface area (TPSA) is 61.9 Å². The third-order valence-corrected chi connectivity index (χ3v) is 6.06. The summed E-state index contributed by atoms with van der Waals surface area (Å²) in [5.41, 5.74) is 2.37. The molecule has 4 rings (SSSR count). The highest BCUT2D eigenvalue weighted by atomic mass is 32.2. The fourth-order valence-electron chi connectivity index (χ4n) is 3.60. The van der Waals surface area contributed by atoms with Gasteiger partial charge in [0.1, 0.15) is 11.9 Å². The summed E-state index contributed by atoms with van der Waals surface area (Å²) in [4.78, 5) is 29.5. The molecule has 0 fully saturated rings. The fourth-order valence-corrected chi connectivity index (χ4v) is 4.39. The maximum atomic E-state index is 12.9. The van der Waals surface area contributed by atoms with E-state index in [1.807, 2.05) is 30.3 Å². The van der Waals surface area contributed by atoms with E-state index in [1.54, 1.807) is 18.0 Å². The monoisotopic (exact) mass is 397 g/mol. The van der Waals surface area contributed by atoms with Crippen LogP contribution in [0.4, 0.5) is 11.4 Å². The third-order valence-electron chi connectivity index (χ3n) is 4.99. The summed E-state index contributed by atoms with van der Waals surface area (Å²) in [6.07, 6.45) is -0.100. The predicted octanol–water partition coefficient (Wildman–Crippen LogP) is 3.09. The van der Waals surface area contributed by atoms with Crippen LogP contribution in [0.5, 0.6) is 5.75 Å². The Bertz CT molecular complexity index is 918. The SMILES string of the molecule is CCN1C[C@@H](CN(C)C(=O)c2ccc3c(c2)NC(=O)CS3)Oc2ccccc21. The molecule has 2 heterocycles. The molecule has 2 aliphatic heterocycles. The largest absolute Gasteiger partial charge is 0.485 e. The molecular weight excluding hydrogens is 374 g/mol. The number of likely N-dealkylation sites (N-methyl/N-ethyl adjacent to an activating group) is 2. The first-order valence-electron chi connectivity index (χ1n) is 9.38. The average molecular weight is 398 g/mol. The molecule has 2 aromatic rings. The number of rotatable bonds is 4. The summed E-state index contributed by atoms with van der Waals surface area (Å²) in [5, 5.41) is 2.84. The van der Waals surface area contributed by atoms with Crippen molar-refractivity contribution in [2.45, 2.75) is 17.9 Å². The highest BCUT2D eigenvalue weighted by molar-refractivity contribution is 8.00. The molecule has 0 aromatic heterocycles. The van der Waals surface area contributed by atoms with Crippen LogP contribution in [-0.2, 0) is 4.79 Å². The lowest BCUT2D eigenvalue weighted by Crippen LogP contribution is -2.46. The minimum Gasteiger partial charge on any atom is -0.485 e. The maximum Gasteiger partial charge on any atom is 0.253 e. The second-order valence-corrected chi connectivity index (χ2v) is 8.00. The number of ether oxygens (including phenoxy) is 1. The van der Waals surface area contributed by atoms with E-state index in [1.165, 1.54) is 11.8 Å². The van der Waals surface area contributed by atoms with Crippen LogP contribution in [0.15, 0.2) is 47.4 Å². The molecule has 0 aliphatic carbocycles. The number of anilines is 2. The molecular formula is C21H23N3O3S. The van der Waals surface area contributed by atoms with Crippen molar-refractivity contribution in [1.29, 1.82) is 0 Å². The molecule has 2 aromatic carbocycles. The third kappa shape index (κ3) is 3.67. The Morgan fingerprint density at radius 1 is 1.32 bits per heavy atom. The number of nitrogens with one attached hydrogen (secondary N) is 1. The van der Waals surface area contributed by atoms with Crippen LogP contribution in [0.25, 0.3) is 0 Å². The van der Waals surface area contributed by atoms with Crippen LogP contribution in [0.1, 0.15) is 17.3 Å². The van der Waals surface area contributed by atoms with Crippen molar-refractivity contribution in [3.8, 4) is 5.75 Å². The Kier molecular flexibility index (Phi) is 5.17. The summed E-state index contributed by atoms with van der Waals surface area (Å²) in [6, 6.07) is 13.5. The number of hydrogen-bond acceptors (Lipinski definition) is 5. The van der Waals surface area contributed by atoms with E-state index in [-0.39, 0.29) is 17.9 Å². The fraction of sp³-hybridized carbons (Fsp3) is 0.333. The van der Waals surface area contributed by atoms with Gasteiger partial charge in [0.2, 0.25) is 5.91 Å². The summed E-state index contributed by atoms with van der Waals surface area (Å²) >= 11 is 1.49. The molecule has 0 bridgehead atoms. The highest BCUT2D eigenvalue weighted by Gasteiger charge is 2.27. The Morgan fingerprint density at radius 3 is 2.96 bits per heavy atom. The molecule has 0 unspecified atom stereocenters. The molecule has 28 heavy (non-hydrogen) atoms. The Balaban J connectivity index is 1.47. The first-order valence-corrected chi connectivity index (χ1v) is 10.4. The smallest absolute Gasteiger partial charge is 0.253 e. The van der Waals surface area contributed by atoms with Crippen molar-refractivity contribution in [2.75, 3.05) is 42.7 Å². The van der Waals surface area contributed by atoms with Crippen molar-refractivity contribution in [3.05, 3.63) is 48.0 Å². The molecule has 2 aliphatic rings. The van der Waals surface area contributed by atoms with E-state index >= 15 is 0 Å². The zero-order chi connectivity index (χ0) is 19.7. The second-order valence-electron chi connectivity index (χ2n) is 6.98. The molecule has 2 amide bonds. The molecule has 1 N–H and O–H groups in total. The van der Waals surface area contributed by atoms with Gasteiger partial charge in [0, 0.05) is 24.1 Å². The lowest BCUT2D eigenvalue weighted by Gasteiger charge is -2.37. The first kappa shape index (κ1) is 18.7. The van der Waals surface area contributed by atoms with E-state index in [9.17, 15) is 9.59 Å². The number of para-hydroxylation sites is 2. The quantitative estimate of drug-likeness (QED) is 0.859. The number of thioether (sulfide) groups is 1. The van der Waals surface area contributed by atoms with Gasteiger partial charge in [-0.3, -0.25) is 9.59 Å². The number of fused-ring (bicyclic) bond motifs is 2. The van der Waals surface area contributed by atoms with Gasteiger partial charge in [-0.05, 0) is 37.3 Å². The van der Waals surface area contributed by atoms with Crippen LogP contribution in [0, 0.1) is 0 Å². The van der Waals surface area contributed by atoms with Gasteiger partial charge in [0.05, 0.1) is 30.2 Å². The Morgan fingerprint density at radius 2 is 2.14 bits per heavy atom. The van der Waals surface area contributed by atoms with E-state index in [4.69, 9.17) is 4.74 Å². The number of carbonyl (C=O) groups is 2. The zero-order valence-electron chi connectivity index (χ0n) is 16.0. The van der Waals surface area contributed by atoms with Crippen LogP contribution >= 0.6 is 11.8 Å². The van der Waals surface area contributed by atoms with Gasteiger partial charge in [-0.1, -0.05) is 12.1 Å². The average Bonchev–Trinajstić information content (AvgIpc) is 2.71. The standard InChI is InChI=1S/C21H23N3O3S/c1-3-24-12-15(27-18-7-5-4-6-17(18)24)11-23(2)21(26)14-8-9-19-16(10-14)22-20(25)13-28-19/h4-10,15H,3,11-13H2,1-2H3,(H,22,25)/t15-/m1/s1. The van der Waals surface area contributed by atoms with Gasteiger partial charge in [-0.25, -0.2) is 0 Å². The van der Waals surface area contributed by atoms with Crippen LogP contribution in [0.3, 0.4) is 0 Å². The minimum atomic E-state index is -0.100. The van der Waals surface area contributed by atoms with Gasteiger partial charge in [-0.2, -0.15) is 0 Å². The summed E-state index contributed by atoms with van der Waals surface area (Å²) in [5.74, 6) is 1.15. The summed E-state index contributed by atoms with van der Waals surface area (Å²) in [6.45, 7) is 4.23. The van der Waals surface area contributed by atoms with Gasteiger partial charge < -0.3 is 19.9 Å². The Labute approximate surface area is 168 Å². The van der Waals surface area contributed by atoms with Crippen LogP contribution in [0.2, 0.25) is 0 Å². The van der Waals surface area contributed by atoms with Crippen molar-refractivity contribution >= 4 is 35.0 Å². The van der Waals surface area contributed by atoms with Crippen molar-refractivity contribution in [2.24, 2.45) is 0 Å². The normalized spacial score (nSPS) is 17.9. The predicted molar refractivity (Wildman–Crippen MR) is 112 cm³/mol. The lowest BCUT2D eigenvalue weighted by atomic mass is 10.1. The maximum absolute atomic E-state index is 12.9. The minimum absolute atomic E-state index is 0.0376. The van der Waals surface area contributed by atoms with E-state index in [2.05, 4.69) is 23.2 Å². The lowest BCUT2D eigenvalue weighted by molar-refractivity contribution is -0.113.